The molecule has 0 saturated heterocycles. The lowest BCUT2D eigenvalue weighted by Crippen LogP contribution is -1.85. The third-order valence-corrected chi connectivity index (χ3v) is 2.05. The van der Waals surface area contributed by atoms with Crippen molar-refractivity contribution < 1.29 is 4.39 Å². The van der Waals surface area contributed by atoms with E-state index in [2.05, 4.69) is 13.8 Å². The third-order valence-electron chi connectivity index (χ3n) is 2.05. The highest BCUT2D eigenvalue weighted by Crippen LogP contribution is 2.52. The van der Waals surface area contributed by atoms with Gasteiger partial charge in [0.05, 0.1) is 0 Å². The van der Waals surface area contributed by atoms with E-state index in [1.165, 1.54) is 6.42 Å². The Labute approximate surface area is 55.8 Å². The molecule has 52 valence electrons. The summed E-state index contributed by atoms with van der Waals surface area (Å²) in [5.74, 6) is 0.647. The maximum atomic E-state index is 11.5. The first-order chi connectivity index (χ1) is 4.17. The number of halogens is 1. The van der Waals surface area contributed by atoms with E-state index in [-0.39, 0.29) is 6.67 Å². The SMILES string of the molecule is CC1(C)CC1/C=C/CF. The lowest BCUT2D eigenvalue weighted by atomic mass is 10.1. The van der Waals surface area contributed by atoms with Gasteiger partial charge in [-0.1, -0.05) is 26.0 Å². The fourth-order valence-electron chi connectivity index (χ4n) is 1.05. The molecule has 0 spiro atoms. The Morgan fingerprint density at radius 2 is 2.22 bits per heavy atom. The van der Waals surface area contributed by atoms with Crippen LogP contribution in [0.3, 0.4) is 0 Å². The molecule has 0 N–H and O–H groups in total. The molecular weight excluding hydrogens is 115 g/mol. The smallest absolute Gasteiger partial charge is 0.108 e. The molecule has 1 aliphatic carbocycles. The Morgan fingerprint density at radius 3 is 2.56 bits per heavy atom. The summed E-state index contributed by atoms with van der Waals surface area (Å²) in [4.78, 5) is 0. The van der Waals surface area contributed by atoms with E-state index in [0.29, 0.717) is 11.3 Å². The maximum Gasteiger partial charge on any atom is 0.108 e. The second-order valence-corrected chi connectivity index (χ2v) is 3.38. The molecular formula is C8H13F. The minimum Gasteiger partial charge on any atom is -0.247 e. The van der Waals surface area contributed by atoms with E-state index in [1.807, 2.05) is 6.08 Å². The van der Waals surface area contributed by atoms with Crippen LogP contribution >= 0.6 is 0 Å². The van der Waals surface area contributed by atoms with Gasteiger partial charge >= 0.3 is 0 Å². The van der Waals surface area contributed by atoms with Crippen molar-refractivity contribution in [2.45, 2.75) is 20.3 Å². The van der Waals surface area contributed by atoms with Crippen LogP contribution in [-0.2, 0) is 0 Å². The molecule has 0 nitrogen and oxygen atoms in total. The molecule has 1 fully saturated rings. The predicted octanol–water partition coefficient (Wildman–Crippen LogP) is 2.56. The van der Waals surface area contributed by atoms with Gasteiger partial charge < -0.3 is 0 Å². The molecule has 0 aromatic heterocycles. The number of hydrogen-bond donors (Lipinski definition) is 0. The monoisotopic (exact) mass is 128 g/mol. The average molecular weight is 128 g/mol. The van der Waals surface area contributed by atoms with E-state index in [1.54, 1.807) is 6.08 Å². The van der Waals surface area contributed by atoms with Crippen molar-refractivity contribution in [1.82, 2.24) is 0 Å². The zero-order chi connectivity index (χ0) is 6.91. The standard InChI is InChI=1S/C8H13F/c1-8(2)6-7(8)4-3-5-9/h3-4,7H,5-6H2,1-2H3/b4-3+. The van der Waals surface area contributed by atoms with Gasteiger partial charge in [-0.15, -0.1) is 0 Å². The van der Waals surface area contributed by atoms with Crippen molar-refractivity contribution >= 4 is 0 Å². The highest BCUT2D eigenvalue weighted by atomic mass is 19.1. The highest BCUT2D eigenvalue weighted by Gasteiger charge is 2.43. The topological polar surface area (TPSA) is 0 Å². The van der Waals surface area contributed by atoms with Crippen LogP contribution in [0.1, 0.15) is 20.3 Å². The van der Waals surface area contributed by atoms with Crippen LogP contribution in [0.4, 0.5) is 4.39 Å². The first-order valence-corrected chi connectivity index (χ1v) is 3.39. The molecule has 9 heavy (non-hydrogen) atoms. The number of allylic oxidation sites excluding steroid dienone is 2. The van der Waals surface area contributed by atoms with Crippen LogP contribution in [0, 0.1) is 11.3 Å². The van der Waals surface area contributed by atoms with Gasteiger partial charge in [0.2, 0.25) is 0 Å². The molecule has 0 radical (unpaired) electrons. The molecule has 1 aliphatic rings. The van der Waals surface area contributed by atoms with Gasteiger partial charge in [0.1, 0.15) is 6.67 Å². The number of rotatable bonds is 2. The van der Waals surface area contributed by atoms with Gasteiger partial charge in [0, 0.05) is 0 Å². The Bertz CT molecular complexity index is 125. The summed E-state index contributed by atoms with van der Waals surface area (Å²) in [5, 5.41) is 0. The largest absolute Gasteiger partial charge is 0.247 e. The summed E-state index contributed by atoms with van der Waals surface area (Å²) < 4.78 is 11.5. The molecule has 0 aromatic carbocycles. The van der Waals surface area contributed by atoms with Crippen molar-refractivity contribution in [2.75, 3.05) is 6.67 Å². The van der Waals surface area contributed by atoms with E-state index in [0.717, 1.165) is 0 Å². The van der Waals surface area contributed by atoms with Crippen LogP contribution in [0.15, 0.2) is 12.2 Å². The summed E-state index contributed by atoms with van der Waals surface area (Å²) in [6.45, 7) is 4.10. The molecule has 0 amide bonds. The fourth-order valence-corrected chi connectivity index (χ4v) is 1.05. The van der Waals surface area contributed by atoms with Gasteiger partial charge in [-0.2, -0.15) is 0 Å². The van der Waals surface area contributed by atoms with Crippen molar-refractivity contribution in [2.24, 2.45) is 11.3 Å². The Balaban J connectivity index is 2.27. The predicted molar refractivity (Wildman–Crippen MR) is 37.0 cm³/mol. The summed E-state index contributed by atoms with van der Waals surface area (Å²) in [7, 11) is 0. The van der Waals surface area contributed by atoms with Gasteiger partial charge in [0.25, 0.3) is 0 Å². The molecule has 1 unspecified atom stereocenters. The van der Waals surface area contributed by atoms with Gasteiger partial charge in [0.15, 0.2) is 0 Å². The Kier molecular flexibility index (Phi) is 1.60. The zero-order valence-corrected chi connectivity index (χ0v) is 6.02. The second kappa shape index (κ2) is 2.13. The number of hydrogen-bond acceptors (Lipinski definition) is 0. The molecule has 0 aliphatic heterocycles. The summed E-state index contributed by atoms with van der Waals surface area (Å²) in [6, 6.07) is 0. The van der Waals surface area contributed by atoms with Crippen LogP contribution in [0.25, 0.3) is 0 Å². The maximum absolute atomic E-state index is 11.5. The van der Waals surface area contributed by atoms with Crippen molar-refractivity contribution in [3.63, 3.8) is 0 Å². The molecule has 0 bridgehead atoms. The first-order valence-electron chi connectivity index (χ1n) is 3.39. The fraction of sp³-hybridized carbons (Fsp3) is 0.750. The van der Waals surface area contributed by atoms with Crippen molar-refractivity contribution in [3.8, 4) is 0 Å². The van der Waals surface area contributed by atoms with E-state index >= 15 is 0 Å². The van der Waals surface area contributed by atoms with Crippen LogP contribution in [0.2, 0.25) is 0 Å². The summed E-state index contributed by atoms with van der Waals surface area (Å²) >= 11 is 0. The molecule has 1 atom stereocenters. The van der Waals surface area contributed by atoms with Crippen LogP contribution < -0.4 is 0 Å². The summed E-state index contributed by atoms with van der Waals surface area (Å²) in [5.41, 5.74) is 0.464. The van der Waals surface area contributed by atoms with Crippen LogP contribution in [-0.4, -0.2) is 6.67 Å². The van der Waals surface area contributed by atoms with Crippen LogP contribution in [0.5, 0.6) is 0 Å². The zero-order valence-electron chi connectivity index (χ0n) is 6.02. The lowest BCUT2D eigenvalue weighted by Gasteiger charge is -1.94. The summed E-state index contributed by atoms with van der Waals surface area (Å²) in [6.07, 6.45) is 4.82. The van der Waals surface area contributed by atoms with E-state index in [4.69, 9.17) is 0 Å². The molecule has 0 aromatic rings. The molecule has 1 rings (SSSR count). The minimum absolute atomic E-state index is 0.313. The van der Waals surface area contributed by atoms with E-state index in [9.17, 15) is 4.39 Å². The van der Waals surface area contributed by atoms with Crippen molar-refractivity contribution in [3.05, 3.63) is 12.2 Å². The Morgan fingerprint density at radius 1 is 1.67 bits per heavy atom. The number of alkyl halides is 1. The van der Waals surface area contributed by atoms with Crippen molar-refractivity contribution in [1.29, 1.82) is 0 Å². The lowest BCUT2D eigenvalue weighted by molar-refractivity contribution is 0.557. The van der Waals surface area contributed by atoms with Gasteiger partial charge in [-0.3, -0.25) is 0 Å². The van der Waals surface area contributed by atoms with Gasteiger partial charge in [-0.25, -0.2) is 4.39 Å². The normalized spacial score (nSPS) is 31.2. The third kappa shape index (κ3) is 1.54. The highest BCUT2D eigenvalue weighted by molar-refractivity contribution is 5.07. The minimum atomic E-state index is -0.313. The second-order valence-electron chi connectivity index (χ2n) is 3.38. The molecule has 1 heteroatoms. The first kappa shape index (κ1) is 6.79. The average Bonchev–Trinajstić information content (AvgIpc) is 2.35. The van der Waals surface area contributed by atoms with Gasteiger partial charge in [-0.05, 0) is 17.8 Å². The van der Waals surface area contributed by atoms with E-state index < -0.39 is 0 Å². The molecule has 1 saturated carbocycles. The quantitative estimate of drug-likeness (QED) is 0.501. The molecule has 0 heterocycles. The Hall–Kier alpha value is -0.330.